The van der Waals surface area contributed by atoms with Gasteiger partial charge in [0.15, 0.2) is 17.8 Å². The first-order valence-corrected chi connectivity index (χ1v) is 10.4. The summed E-state index contributed by atoms with van der Waals surface area (Å²) in [5.41, 5.74) is 5.02. The molecule has 166 valence electrons. The molecule has 32 heavy (non-hydrogen) atoms. The van der Waals surface area contributed by atoms with Crippen LogP contribution in [0.3, 0.4) is 0 Å². The molecular weight excluding hydrogens is 417 g/mol. The van der Waals surface area contributed by atoms with E-state index in [4.69, 9.17) is 10.5 Å². The minimum Gasteiger partial charge on any atom is -0.477 e. The molecule has 4 N–H and O–H groups in total. The number of nitrogens with zero attached hydrogens (tertiary/aromatic N) is 3. The number of benzene rings is 1. The summed E-state index contributed by atoms with van der Waals surface area (Å²) in [4.78, 5) is 30.5. The normalized spacial score (nSPS) is 17.3. The molecule has 5 rings (SSSR count). The first kappa shape index (κ1) is 20.1. The second-order valence-corrected chi connectivity index (χ2v) is 8.00. The topological polar surface area (TPSA) is 123 Å². The number of hydrogen-bond acceptors (Lipinski definition) is 7. The van der Waals surface area contributed by atoms with Crippen molar-refractivity contribution in [2.24, 2.45) is 0 Å². The quantitative estimate of drug-likeness (QED) is 0.501. The number of carbonyl (C=O) groups is 1. The largest absolute Gasteiger partial charge is 0.477 e. The van der Waals surface area contributed by atoms with Gasteiger partial charge in [-0.15, -0.1) is 0 Å². The third-order valence-electron chi connectivity index (χ3n) is 5.89. The van der Waals surface area contributed by atoms with E-state index in [-0.39, 0.29) is 28.6 Å². The van der Waals surface area contributed by atoms with Crippen molar-refractivity contribution in [1.29, 1.82) is 0 Å². The molecule has 3 aromatic rings. The number of ether oxygens (including phenoxy) is 1. The van der Waals surface area contributed by atoms with Crippen LogP contribution in [0.4, 0.5) is 21.6 Å². The fourth-order valence-corrected chi connectivity index (χ4v) is 4.21. The average molecular weight is 439 g/mol. The lowest BCUT2D eigenvalue weighted by Crippen LogP contribution is -2.36. The van der Waals surface area contributed by atoms with Crippen LogP contribution in [0.2, 0.25) is 0 Å². The lowest BCUT2D eigenvalue weighted by Gasteiger charge is -2.23. The van der Waals surface area contributed by atoms with Gasteiger partial charge in [-0.25, -0.2) is 14.2 Å². The van der Waals surface area contributed by atoms with Gasteiger partial charge in [0.1, 0.15) is 17.1 Å². The van der Waals surface area contributed by atoms with Gasteiger partial charge >= 0.3 is 5.97 Å². The van der Waals surface area contributed by atoms with Crippen LogP contribution >= 0.6 is 0 Å². The molecule has 10 heteroatoms. The van der Waals surface area contributed by atoms with Gasteiger partial charge < -0.3 is 30.4 Å². The Morgan fingerprint density at radius 3 is 2.84 bits per heavy atom. The van der Waals surface area contributed by atoms with Gasteiger partial charge in [-0.3, -0.25) is 4.79 Å². The first-order valence-electron chi connectivity index (χ1n) is 10.4. The molecule has 0 spiro atoms. The maximum atomic E-state index is 15.5. The van der Waals surface area contributed by atoms with Crippen LogP contribution in [0.15, 0.2) is 35.4 Å². The summed E-state index contributed by atoms with van der Waals surface area (Å²) in [6.45, 7) is 2.65. The Balaban J connectivity index is 1.62. The van der Waals surface area contributed by atoms with E-state index in [0.717, 1.165) is 12.8 Å². The van der Waals surface area contributed by atoms with Gasteiger partial charge in [0.25, 0.3) is 0 Å². The molecule has 1 aliphatic carbocycles. The van der Waals surface area contributed by atoms with E-state index in [0.29, 0.717) is 24.4 Å². The Labute approximate surface area is 182 Å². The zero-order valence-corrected chi connectivity index (χ0v) is 17.3. The van der Waals surface area contributed by atoms with Crippen LogP contribution in [0.1, 0.15) is 36.2 Å². The second-order valence-electron chi connectivity index (χ2n) is 8.00. The predicted octanol–water partition coefficient (Wildman–Crippen LogP) is 2.81. The molecule has 2 aliphatic rings. The van der Waals surface area contributed by atoms with E-state index >= 15 is 4.39 Å². The van der Waals surface area contributed by atoms with Crippen LogP contribution in [-0.4, -0.2) is 39.9 Å². The fourth-order valence-electron chi connectivity index (χ4n) is 4.21. The smallest absolute Gasteiger partial charge is 0.341 e. The van der Waals surface area contributed by atoms with Gasteiger partial charge in [0.2, 0.25) is 5.43 Å². The SMILES string of the molecule is CC1Oc2c(c(F)c(N)c3c(=O)c(C(=O)O)cn(C4CC4)c23)N1CCNc1ccccn1. The van der Waals surface area contributed by atoms with Crippen LogP contribution < -0.4 is 26.1 Å². The maximum absolute atomic E-state index is 15.5. The number of fused-ring (bicyclic) bond motifs is 3. The number of rotatable bonds is 6. The number of nitrogens with one attached hydrogen (secondary N) is 1. The summed E-state index contributed by atoms with van der Waals surface area (Å²) in [7, 11) is 0. The van der Waals surface area contributed by atoms with Crippen LogP contribution in [-0.2, 0) is 0 Å². The molecule has 0 bridgehead atoms. The highest BCUT2D eigenvalue weighted by molar-refractivity contribution is 6.04. The van der Waals surface area contributed by atoms with Gasteiger partial charge in [0, 0.05) is 31.5 Å². The molecule has 1 atom stereocenters. The molecule has 1 unspecified atom stereocenters. The Hall–Kier alpha value is -3.82. The molecular formula is C22H22FN5O4. The monoisotopic (exact) mass is 439 g/mol. The van der Waals surface area contributed by atoms with Crippen molar-refractivity contribution < 1.29 is 19.0 Å². The number of aromatic carboxylic acids is 1. The minimum atomic E-state index is -1.37. The molecule has 3 heterocycles. The predicted molar refractivity (Wildman–Crippen MR) is 118 cm³/mol. The van der Waals surface area contributed by atoms with Crippen LogP contribution in [0.5, 0.6) is 5.75 Å². The number of anilines is 3. The third kappa shape index (κ3) is 3.10. The highest BCUT2D eigenvalue weighted by atomic mass is 19.1. The number of nitrogen functional groups attached to an aromatic ring is 1. The zero-order chi connectivity index (χ0) is 22.6. The molecule has 0 radical (unpaired) electrons. The number of pyridine rings is 2. The summed E-state index contributed by atoms with van der Waals surface area (Å²) >= 11 is 0. The summed E-state index contributed by atoms with van der Waals surface area (Å²) < 4.78 is 23.2. The van der Waals surface area contributed by atoms with E-state index in [2.05, 4.69) is 10.3 Å². The molecule has 9 nitrogen and oxygen atoms in total. The van der Waals surface area contributed by atoms with Crippen molar-refractivity contribution in [2.75, 3.05) is 29.0 Å². The van der Waals surface area contributed by atoms with Gasteiger partial charge in [0.05, 0.1) is 16.6 Å². The molecule has 1 saturated carbocycles. The van der Waals surface area contributed by atoms with Gasteiger partial charge in [-0.1, -0.05) is 6.07 Å². The Morgan fingerprint density at radius 1 is 1.41 bits per heavy atom. The zero-order valence-electron chi connectivity index (χ0n) is 17.3. The van der Waals surface area contributed by atoms with Crippen LogP contribution in [0, 0.1) is 5.82 Å². The number of nitrogens with two attached hydrogens (primary N) is 1. The van der Waals surface area contributed by atoms with E-state index in [1.165, 1.54) is 6.20 Å². The van der Waals surface area contributed by atoms with Crippen molar-refractivity contribution in [3.05, 3.63) is 52.2 Å². The van der Waals surface area contributed by atoms with E-state index in [9.17, 15) is 14.7 Å². The van der Waals surface area contributed by atoms with Crippen molar-refractivity contribution in [1.82, 2.24) is 9.55 Å². The molecule has 0 saturated heterocycles. The summed E-state index contributed by atoms with van der Waals surface area (Å²) in [6.07, 6.45) is 4.15. The molecule has 0 amide bonds. The minimum absolute atomic E-state index is 0.0175. The van der Waals surface area contributed by atoms with Crippen molar-refractivity contribution in [2.45, 2.75) is 32.0 Å². The second kappa shape index (κ2) is 7.40. The first-order chi connectivity index (χ1) is 15.4. The fraction of sp³-hybridized carbons (Fsp3) is 0.318. The standard InChI is InChI=1S/C22H22FN5O4/c1-11-27(9-8-26-14-4-2-3-7-25-14)19-16(23)17(24)15-18(21(19)32-11)28(12-5-6-12)10-13(20(15)29)22(30)31/h2-4,7,10-12H,5-6,8-9,24H2,1H3,(H,25,26)(H,30,31). The molecule has 1 aliphatic heterocycles. The highest BCUT2D eigenvalue weighted by Gasteiger charge is 2.38. The molecule has 1 fully saturated rings. The molecule has 2 aromatic heterocycles. The van der Waals surface area contributed by atoms with E-state index in [1.54, 1.807) is 22.6 Å². The van der Waals surface area contributed by atoms with Crippen molar-refractivity contribution in [3.8, 4) is 5.75 Å². The lowest BCUT2D eigenvalue weighted by atomic mass is 10.1. The molecule has 1 aromatic carbocycles. The Bertz CT molecular complexity index is 1290. The summed E-state index contributed by atoms with van der Waals surface area (Å²) in [5.74, 6) is -1.24. The number of carboxylic acids is 1. The highest BCUT2D eigenvalue weighted by Crippen LogP contribution is 2.49. The van der Waals surface area contributed by atoms with Gasteiger partial charge in [-0.2, -0.15) is 0 Å². The van der Waals surface area contributed by atoms with Crippen LogP contribution in [0.25, 0.3) is 10.9 Å². The van der Waals surface area contributed by atoms with Crippen molar-refractivity contribution >= 4 is 34.1 Å². The summed E-state index contributed by atoms with van der Waals surface area (Å²) in [6, 6.07) is 5.53. The summed E-state index contributed by atoms with van der Waals surface area (Å²) in [5, 5.41) is 12.5. The maximum Gasteiger partial charge on any atom is 0.341 e. The average Bonchev–Trinajstić information content (AvgIpc) is 3.56. The number of halogens is 1. The number of hydrogen-bond donors (Lipinski definition) is 3. The lowest BCUT2D eigenvalue weighted by molar-refractivity contribution is 0.0694. The number of carboxylic acid groups (broad SMARTS) is 1. The van der Waals surface area contributed by atoms with Crippen molar-refractivity contribution in [3.63, 3.8) is 0 Å². The van der Waals surface area contributed by atoms with E-state index in [1.807, 2.05) is 18.2 Å². The third-order valence-corrected chi connectivity index (χ3v) is 5.89. The Morgan fingerprint density at radius 2 is 2.19 bits per heavy atom. The number of aromatic nitrogens is 2. The van der Waals surface area contributed by atoms with Gasteiger partial charge in [-0.05, 0) is 31.9 Å². The Kier molecular flexibility index (Phi) is 4.65. The van der Waals surface area contributed by atoms with E-state index < -0.39 is 29.0 Å².